The molecule has 0 unspecified atom stereocenters. The van der Waals surface area contributed by atoms with Gasteiger partial charge in [0, 0.05) is 36.3 Å². The van der Waals surface area contributed by atoms with Crippen molar-refractivity contribution in [1.82, 2.24) is 9.97 Å². The van der Waals surface area contributed by atoms with E-state index < -0.39 is 29.6 Å². The summed E-state index contributed by atoms with van der Waals surface area (Å²) in [6.07, 6.45) is -5.50. The van der Waals surface area contributed by atoms with Crippen LogP contribution in [0.4, 0.5) is 32.2 Å². The Kier molecular flexibility index (Phi) is 17.6. The van der Waals surface area contributed by atoms with Crippen molar-refractivity contribution in [2.24, 2.45) is 5.73 Å². The molecule has 0 spiro atoms. The summed E-state index contributed by atoms with van der Waals surface area (Å²) in [4.78, 5) is 7.99. The Morgan fingerprint density at radius 3 is 1.28 bits per heavy atom. The van der Waals surface area contributed by atoms with Crippen LogP contribution < -0.4 is 20.5 Å². The maximum atomic E-state index is 13.1. The number of halogens is 7. The van der Waals surface area contributed by atoms with Crippen LogP contribution in [0.1, 0.15) is 44.5 Å². The van der Waals surface area contributed by atoms with Crippen LogP contribution in [-0.4, -0.2) is 35.8 Å². The van der Waals surface area contributed by atoms with Gasteiger partial charge in [-0.3, -0.25) is 0 Å². The van der Waals surface area contributed by atoms with Gasteiger partial charge in [0.05, 0.1) is 0 Å². The molecule has 0 saturated carbocycles. The van der Waals surface area contributed by atoms with E-state index in [9.17, 15) is 26.3 Å². The minimum absolute atomic E-state index is 0.0733. The molecule has 0 amide bonds. The molecule has 8 rings (SSSR count). The summed E-state index contributed by atoms with van der Waals surface area (Å²) in [6.45, 7) is 4.94. The van der Waals surface area contributed by atoms with Crippen LogP contribution in [0.5, 0.6) is 11.5 Å². The van der Waals surface area contributed by atoms with E-state index in [2.05, 4.69) is 117 Å². The van der Waals surface area contributed by atoms with Crippen LogP contribution in [0, 0.1) is 13.8 Å². The van der Waals surface area contributed by atoms with E-state index in [1.54, 1.807) is 60.9 Å². The van der Waals surface area contributed by atoms with E-state index in [1.165, 1.54) is 64.2 Å². The molecule has 356 valence electrons. The molecule has 3 N–H and O–H groups in total. The Labute approximate surface area is 403 Å². The molecule has 6 nitrogen and oxygen atoms in total. The Bertz CT molecular complexity index is 2690. The fourth-order valence-electron chi connectivity index (χ4n) is 8.12. The fourth-order valence-corrected chi connectivity index (χ4v) is 8.25. The predicted octanol–water partition coefficient (Wildman–Crippen LogP) is 14.0. The lowest BCUT2D eigenvalue weighted by molar-refractivity contribution is -0.275. The zero-order valence-corrected chi connectivity index (χ0v) is 38.6. The quantitative estimate of drug-likeness (QED) is 0.0835. The molecule has 69 heavy (non-hydrogen) atoms. The van der Waals surface area contributed by atoms with Crippen molar-refractivity contribution in [3.8, 4) is 11.5 Å². The molecule has 0 aliphatic heterocycles. The van der Waals surface area contributed by atoms with Gasteiger partial charge in [-0.1, -0.05) is 168 Å². The lowest BCUT2D eigenvalue weighted by atomic mass is 9.70. The summed E-state index contributed by atoms with van der Waals surface area (Å²) in [5, 5.41) is 3.75. The highest BCUT2D eigenvalue weighted by Crippen LogP contribution is 2.41. The number of hydrogen-bond donors (Lipinski definition) is 2. The first kappa shape index (κ1) is 51.2. The lowest BCUT2D eigenvalue weighted by Crippen LogP contribution is -2.38. The molecule has 0 radical (unpaired) electrons. The van der Waals surface area contributed by atoms with E-state index in [-0.39, 0.29) is 18.4 Å². The van der Waals surface area contributed by atoms with Gasteiger partial charge in [-0.15, -0.1) is 26.3 Å². The molecule has 0 aliphatic rings. The van der Waals surface area contributed by atoms with Crippen LogP contribution in [0.3, 0.4) is 0 Å². The molecule has 13 heteroatoms. The third-order valence-corrected chi connectivity index (χ3v) is 11.5. The summed E-state index contributed by atoms with van der Waals surface area (Å²) in [5.41, 5.74) is 13.0. The standard InChI is InChI=1S/C28H22F6N2O2.C23H25N.C5H4ClN/c29-27(30,31)37-23-12-6-10-21(16-23)26(18-20-8-2-1-3-9-20,19-36-25-14-4-5-15-35-25)22-11-7-13-24(17-22)38-28(32,33)34;1-18-8-6-12-21(14-18)23(17-24,16-20-10-4-3-5-11-20)22-13-7-9-19(2)15-22;6-5-3-1-2-4-7-5/h1-17H,18-19H2,(H,35,36);3-15H,16-17,24H2,1-2H3;1-4H. The van der Waals surface area contributed by atoms with Crippen molar-refractivity contribution in [3.05, 3.63) is 256 Å². The summed E-state index contributed by atoms with van der Waals surface area (Å²) < 4.78 is 86.7. The molecule has 6 aromatic carbocycles. The maximum absolute atomic E-state index is 13.1. The number of nitrogens with one attached hydrogen (secondary N) is 1. The van der Waals surface area contributed by atoms with Gasteiger partial charge in [-0.2, -0.15) is 0 Å². The number of ether oxygens (including phenoxy) is 2. The first-order valence-electron chi connectivity index (χ1n) is 21.9. The van der Waals surface area contributed by atoms with Crippen molar-refractivity contribution in [3.63, 3.8) is 0 Å². The van der Waals surface area contributed by atoms with Crippen LogP contribution in [0.2, 0.25) is 5.15 Å². The van der Waals surface area contributed by atoms with E-state index in [1.807, 2.05) is 30.3 Å². The molecule has 2 aromatic heterocycles. The number of alkyl halides is 6. The van der Waals surface area contributed by atoms with Crippen LogP contribution in [0.25, 0.3) is 0 Å². The first-order valence-corrected chi connectivity index (χ1v) is 22.3. The highest BCUT2D eigenvalue weighted by atomic mass is 35.5. The minimum atomic E-state index is -4.92. The van der Waals surface area contributed by atoms with Gasteiger partial charge in [0.25, 0.3) is 0 Å². The molecular weight excluding hydrogens is 910 g/mol. The summed E-state index contributed by atoms with van der Waals surface area (Å²) in [7, 11) is 0. The highest BCUT2D eigenvalue weighted by Gasteiger charge is 2.39. The van der Waals surface area contributed by atoms with Crippen molar-refractivity contribution in [2.45, 2.75) is 50.2 Å². The molecule has 0 aliphatic carbocycles. The Morgan fingerprint density at radius 2 is 0.899 bits per heavy atom. The van der Waals surface area contributed by atoms with Crippen molar-refractivity contribution >= 4 is 17.4 Å². The average molecular weight is 961 g/mol. The zero-order chi connectivity index (χ0) is 49.3. The number of nitrogens with zero attached hydrogens (tertiary/aromatic N) is 2. The van der Waals surface area contributed by atoms with Crippen molar-refractivity contribution in [2.75, 3.05) is 18.4 Å². The van der Waals surface area contributed by atoms with Gasteiger partial charge in [0.1, 0.15) is 22.5 Å². The van der Waals surface area contributed by atoms with Crippen molar-refractivity contribution in [1.29, 1.82) is 0 Å². The number of hydrogen-bond acceptors (Lipinski definition) is 6. The van der Waals surface area contributed by atoms with Gasteiger partial charge in [-0.05, 0) is 109 Å². The molecule has 8 aromatic rings. The number of nitrogens with two attached hydrogens (primary N) is 1. The second-order valence-electron chi connectivity index (χ2n) is 16.3. The Hall–Kier alpha value is -7.15. The number of aromatic nitrogens is 2. The SMILES string of the molecule is Cc1cccc(C(CN)(Cc2ccccc2)c2cccc(C)c2)c1.Clc1ccccn1.FC(F)(F)Oc1cccc(C(CNc2ccccn2)(Cc2ccccc2)c2cccc(OC(F)(F)F)c2)c1. The smallest absolute Gasteiger partial charge is 0.406 e. The molecule has 0 bridgehead atoms. The monoisotopic (exact) mass is 960 g/mol. The number of pyridine rings is 2. The average Bonchev–Trinajstić information content (AvgIpc) is 3.33. The second kappa shape index (κ2) is 23.7. The summed E-state index contributed by atoms with van der Waals surface area (Å²) in [6, 6.07) is 58.7. The van der Waals surface area contributed by atoms with Crippen LogP contribution in [-0.2, 0) is 23.7 Å². The number of anilines is 1. The van der Waals surface area contributed by atoms with Crippen LogP contribution >= 0.6 is 11.6 Å². The largest absolute Gasteiger partial charge is 0.573 e. The minimum Gasteiger partial charge on any atom is -0.406 e. The fraction of sp³-hybridized carbons (Fsp3) is 0.179. The van der Waals surface area contributed by atoms with E-state index in [0.717, 1.165) is 12.0 Å². The third kappa shape index (κ3) is 15.2. The summed E-state index contributed by atoms with van der Waals surface area (Å²) in [5.74, 6) is -0.420. The summed E-state index contributed by atoms with van der Waals surface area (Å²) >= 11 is 5.43. The zero-order valence-electron chi connectivity index (χ0n) is 37.9. The van der Waals surface area contributed by atoms with Gasteiger partial charge in [-0.25, -0.2) is 9.97 Å². The molecule has 2 heterocycles. The van der Waals surface area contributed by atoms with Crippen molar-refractivity contribution < 1.29 is 35.8 Å². The molecule has 0 saturated heterocycles. The van der Waals surface area contributed by atoms with Gasteiger partial charge in [0.2, 0.25) is 0 Å². The number of rotatable bonds is 14. The van der Waals surface area contributed by atoms with Crippen LogP contribution in [0.15, 0.2) is 207 Å². The predicted molar refractivity (Wildman–Crippen MR) is 261 cm³/mol. The third-order valence-electron chi connectivity index (χ3n) is 11.3. The normalized spacial score (nSPS) is 11.6. The van der Waals surface area contributed by atoms with Gasteiger partial charge >= 0.3 is 12.7 Å². The van der Waals surface area contributed by atoms with E-state index in [0.29, 0.717) is 28.6 Å². The number of aryl methyl sites for hydroxylation is 2. The van der Waals surface area contributed by atoms with Gasteiger partial charge < -0.3 is 20.5 Å². The molecule has 0 fully saturated rings. The Morgan fingerprint density at radius 1 is 0.478 bits per heavy atom. The van der Waals surface area contributed by atoms with E-state index >= 15 is 0 Å². The first-order chi connectivity index (χ1) is 33.1. The molecule has 0 atom stereocenters. The molecular formula is C56H51ClF6N4O2. The topological polar surface area (TPSA) is 82.3 Å². The second-order valence-corrected chi connectivity index (χ2v) is 16.7. The lowest BCUT2D eigenvalue weighted by Gasteiger charge is -2.36. The Balaban J connectivity index is 0.000000213. The number of benzene rings is 6. The maximum Gasteiger partial charge on any atom is 0.573 e. The van der Waals surface area contributed by atoms with E-state index in [4.69, 9.17) is 17.3 Å². The highest BCUT2D eigenvalue weighted by molar-refractivity contribution is 6.29. The van der Waals surface area contributed by atoms with Gasteiger partial charge in [0.15, 0.2) is 0 Å².